The van der Waals surface area contributed by atoms with Crippen LogP contribution in [-0.2, 0) is 6.42 Å². The molecule has 2 aromatic carbocycles. The van der Waals surface area contributed by atoms with Crippen molar-refractivity contribution in [3.63, 3.8) is 0 Å². The summed E-state index contributed by atoms with van der Waals surface area (Å²) in [5, 5.41) is 8.25. The molecule has 4 nitrogen and oxygen atoms in total. The van der Waals surface area contributed by atoms with Crippen molar-refractivity contribution < 1.29 is 0 Å². The van der Waals surface area contributed by atoms with Crippen LogP contribution in [0.1, 0.15) is 31.4 Å². The summed E-state index contributed by atoms with van der Waals surface area (Å²) in [5.41, 5.74) is 14.4. The Kier molecular flexibility index (Phi) is 5.14. The van der Waals surface area contributed by atoms with Crippen LogP contribution in [0.25, 0.3) is 16.9 Å². The topological polar surface area (TPSA) is 52.1 Å². The molecule has 0 amide bonds. The summed E-state index contributed by atoms with van der Waals surface area (Å²) in [7, 11) is 0. The van der Waals surface area contributed by atoms with Gasteiger partial charge in [0.2, 0.25) is 0 Å². The van der Waals surface area contributed by atoms with E-state index in [1.807, 2.05) is 41.1 Å². The maximum Gasteiger partial charge on any atom is 0.0930 e. The van der Waals surface area contributed by atoms with Crippen molar-refractivity contribution in [3.8, 4) is 16.9 Å². The first-order valence-electron chi connectivity index (χ1n) is 9.43. The molecule has 4 heteroatoms. The van der Waals surface area contributed by atoms with Gasteiger partial charge < -0.3 is 0 Å². The number of hydrogen-bond acceptors (Lipinski definition) is 2. The molecule has 2 radical (unpaired) electrons. The van der Waals surface area contributed by atoms with Gasteiger partial charge in [-0.3, -0.25) is 5.32 Å². The molecular weight excluding hydrogens is 320 g/mol. The van der Waals surface area contributed by atoms with E-state index in [4.69, 9.17) is 5.10 Å². The van der Waals surface area contributed by atoms with Gasteiger partial charge in [-0.15, -0.1) is 5.73 Å². The van der Waals surface area contributed by atoms with Crippen molar-refractivity contribution in [2.75, 3.05) is 0 Å². The van der Waals surface area contributed by atoms with Gasteiger partial charge in [-0.1, -0.05) is 61.4 Å². The lowest BCUT2D eigenvalue weighted by Gasteiger charge is -2.19. The molecule has 26 heavy (non-hydrogen) atoms. The van der Waals surface area contributed by atoms with Crippen LogP contribution >= 0.6 is 0 Å². The Balaban J connectivity index is 1.68. The SMILES string of the molecule is [N]C1CCCCC(Cc2cc(-c3ccccc3)nn2-c2ccccc2)N1. The first-order valence-corrected chi connectivity index (χ1v) is 9.43. The molecule has 2 heterocycles. The van der Waals surface area contributed by atoms with Crippen molar-refractivity contribution in [3.05, 3.63) is 72.4 Å². The number of aromatic nitrogens is 2. The molecular formula is C22H24N4. The van der Waals surface area contributed by atoms with Crippen LogP contribution in [0.4, 0.5) is 0 Å². The maximum atomic E-state index is 10.1. The molecule has 132 valence electrons. The van der Waals surface area contributed by atoms with Gasteiger partial charge in [-0.25, -0.2) is 4.68 Å². The lowest BCUT2D eigenvalue weighted by molar-refractivity contribution is 0.422. The van der Waals surface area contributed by atoms with Crippen LogP contribution in [-0.4, -0.2) is 22.0 Å². The summed E-state index contributed by atoms with van der Waals surface area (Å²) in [6, 6.07) is 23.0. The minimum absolute atomic E-state index is 0.273. The molecule has 0 spiro atoms. The van der Waals surface area contributed by atoms with Crippen molar-refractivity contribution in [1.29, 1.82) is 0 Å². The molecule has 3 aromatic rings. The lowest BCUT2D eigenvalue weighted by Crippen LogP contribution is -2.39. The van der Waals surface area contributed by atoms with Crippen LogP contribution in [0.15, 0.2) is 66.7 Å². The molecule has 1 aliphatic rings. The predicted molar refractivity (Wildman–Crippen MR) is 104 cm³/mol. The average Bonchev–Trinajstić information content (AvgIpc) is 2.99. The number of para-hydroxylation sites is 1. The number of hydrogen-bond donors (Lipinski definition) is 1. The second kappa shape index (κ2) is 7.85. The Bertz CT molecular complexity index is 826. The molecule has 1 aliphatic heterocycles. The highest BCUT2D eigenvalue weighted by Gasteiger charge is 2.20. The summed E-state index contributed by atoms with van der Waals surface area (Å²) in [5.74, 6) is 0. The summed E-state index contributed by atoms with van der Waals surface area (Å²) >= 11 is 0. The molecule has 2 unspecified atom stereocenters. The van der Waals surface area contributed by atoms with Crippen LogP contribution < -0.4 is 11.1 Å². The first kappa shape index (κ1) is 17.0. The second-order valence-electron chi connectivity index (χ2n) is 7.00. The normalized spacial score (nSPS) is 20.7. The summed E-state index contributed by atoms with van der Waals surface area (Å²) in [4.78, 5) is 0. The van der Waals surface area contributed by atoms with Crippen LogP contribution in [0.2, 0.25) is 0 Å². The third-order valence-electron chi connectivity index (χ3n) is 5.02. The third kappa shape index (κ3) is 3.87. The van der Waals surface area contributed by atoms with E-state index < -0.39 is 6.17 Å². The summed E-state index contributed by atoms with van der Waals surface area (Å²) < 4.78 is 2.04. The van der Waals surface area contributed by atoms with Crippen molar-refractivity contribution in [2.45, 2.75) is 44.3 Å². The Morgan fingerprint density at radius 1 is 0.962 bits per heavy atom. The van der Waals surface area contributed by atoms with Gasteiger partial charge in [0.15, 0.2) is 0 Å². The van der Waals surface area contributed by atoms with E-state index in [0.717, 1.165) is 49.0 Å². The quantitative estimate of drug-likeness (QED) is 0.777. The Morgan fingerprint density at radius 2 is 1.65 bits per heavy atom. The largest absolute Gasteiger partial charge is 0.296 e. The van der Waals surface area contributed by atoms with E-state index in [1.165, 1.54) is 5.69 Å². The van der Waals surface area contributed by atoms with E-state index in [2.05, 4.69) is 35.6 Å². The van der Waals surface area contributed by atoms with Gasteiger partial charge in [0.1, 0.15) is 0 Å². The molecule has 1 saturated heterocycles. The van der Waals surface area contributed by atoms with Crippen molar-refractivity contribution in [1.82, 2.24) is 20.8 Å². The molecule has 1 N–H and O–H groups in total. The molecule has 0 saturated carbocycles. The van der Waals surface area contributed by atoms with Gasteiger partial charge in [0.05, 0.1) is 17.5 Å². The zero-order valence-corrected chi connectivity index (χ0v) is 14.9. The molecule has 4 rings (SSSR count). The maximum absolute atomic E-state index is 10.1. The summed E-state index contributed by atoms with van der Waals surface area (Å²) in [6.07, 6.45) is 4.61. The minimum Gasteiger partial charge on any atom is -0.296 e. The monoisotopic (exact) mass is 344 g/mol. The van der Waals surface area contributed by atoms with Gasteiger partial charge in [0.25, 0.3) is 0 Å². The van der Waals surface area contributed by atoms with E-state index in [-0.39, 0.29) is 6.04 Å². The highest BCUT2D eigenvalue weighted by molar-refractivity contribution is 5.60. The van der Waals surface area contributed by atoms with E-state index in [0.29, 0.717) is 0 Å². The standard InChI is InChI=1S/C22H24N4/c23-22-14-8-7-11-18(24-22)15-20-16-21(17-9-3-1-4-10-17)25-26(20)19-12-5-2-6-13-19/h1-6,9-10,12-13,16,18,22,24H,7-8,11,14-15H2. The molecule has 0 bridgehead atoms. The first-order chi connectivity index (χ1) is 12.8. The van der Waals surface area contributed by atoms with Crippen LogP contribution in [0, 0.1) is 0 Å². The van der Waals surface area contributed by atoms with Crippen molar-refractivity contribution >= 4 is 0 Å². The number of nitrogens with zero attached hydrogens (tertiary/aromatic N) is 3. The van der Waals surface area contributed by atoms with Crippen molar-refractivity contribution in [2.24, 2.45) is 0 Å². The number of benzene rings is 2. The van der Waals surface area contributed by atoms with Gasteiger partial charge >= 0.3 is 0 Å². The van der Waals surface area contributed by atoms with E-state index in [1.54, 1.807) is 0 Å². The average molecular weight is 344 g/mol. The zero-order valence-electron chi connectivity index (χ0n) is 14.9. The van der Waals surface area contributed by atoms with Crippen LogP contribution in [0.5, 0.6) is 0 Å². The number of nitrogens with one attached hydrogen (secondary N) is 1. The zero-order chi connectivity index (χ0) is 17.8. The molecule has 1 fully saturated rings. The Hall–Kier alpha value is -2.43. The van der Waals surface area contributed by atoms with Crippen LogP contribution in [0.3, 0.4) is 0 Å². The van der Waals surface area contributed by atoms with Gasteiger partial charge in [-0.2, -0.15) is 5.10 Å². The predicted octanol–water partition coefficient (Wildman–Crippen LogP) is 4.01. The number of rotatable bonds is 4. The van der Waals surface area contributed by atoms with Gasteiger partial charge in [-0.05, 0) is 31.0 Å². The lowest BCUT2D eigenvalue weighted by atomic mass is 10.0. The Morgan fingerprint density at radius 3 is 2.42 bits per heavy atom. The highest BCUT2D eigenvalue weighted by atomic mass is 15.3. The minimum atomic E-state index is -0.399. The molecule has 2 atom stereocenters. The molecule has 1 aromatic heterocycles. The summed E-state index contributed by atoms with van der Waals surface area (Å²) in [6.45, 7) is 0. The third-order valence-corrected chi connectivity index (χ3v) is 5.02. The Labute approximate surface area is 155 Å². The fourth-order valence-corrected chi connectivity index (χ4v) is 3.69. The highest BCUT2D eigenvalue weighted by Crippen LogP contribution is 2.24. The second-order valence-corrected chi connectivity index (χ2v) is 7.00. The van der Waals surface area contributed by atoms with Gasteiger partial charge in [0, 0.05) is 23.7 Å². The smallest absolute Gasteiger partial charge is 0.0930 e. The fourth-order valence-electron chi connectivity index (χ4n) is 3.69. The van der Waals surface area contributed by atoms with E-state index in [9.17, 15) is 5.73 Å². The molecule has 0 aliphatic carbocycles. The van der Waals surface area contributed by atoms with E-state index >= 15 is 0 Å². The fraction of sp³-hybridized carbons (Fsp3) is 0.318.